The van der Waals surface area contributed by atoms with E-state index in [0.717, 1.165) is 11.3 Å². The van der Waals surface area contributed by atoms with Crippen molar-refractivity contribution in [1.82, 2.24) is 0 Å². The van der Waals surface area contributed by atoms with Gasteiger partial charge in [0.05, 0.1) is 19.8 Å². The van der Waals surface area contributed by atoms with Crippen LogP contribution in [-0.2, 0) is 6.61 Å². The molecule has 0 spiro atoms. The first-order chi connectivity index (χ1) is 10.1. The minimum Gasteiger partial charge on any atom is -0.497 e. The third kappa shape index (κ3) is 3.66. The topological polar surface area (TPSA) is 65.0 Å². The first-order valence-electron chi connectivity index (χ1n) is 6.31. The maximum atomic E-state index is 11.0. The number of benzene rings is 2. The van der Waals surface area contributed by atoms with E-state index in [4.69, 9.17) is 19.3 Å². The Kier molecular flexibility index (Phi) is 4.66. The number of methoxy groups -OCH3 is 2. The third-order valence-electron chi connectivity index (χ3n) is 2.94. The number of hydrogen-bond acceptors (Lipinski definition) is 4. The van der Waals surface area contributed by atoms with Gasteiger partial charge in [-0.1, -0.05) is 12.1 Å². The van der Waals surface area contributed by atoms with Gasteiger partial charge in [0.2, 0.25) is 0 Å². The zero-order valence-electron chi connectivity index (χ0n) is 11.8. The third-order valence-corrected chi connectivity index (χ3v) is 2.94. The van der Waals surface area contributed by atoms with Crippen LogP contribution >= 0.6 is 0 Å². The second-order valence-corrected chi connectivity index (χ2v) is 4.31. The molecule has 0 heterocycles. The van der Waals surface area contributed by atoms with Crippen LogP contribution in [0.1, 0.15) is 15.9 Å². The SMILES string of the molecule is COc1cccc(COc2cc(C(=O)O)ccc2OC)c1. The molecule has 2 aromatic rings. The molecular weight excluding hydrogens is 272 g/mol. The van der Waals surface area contributed by atoms with Gasteiger partial charge in [-0.25, -0.2) is 4.79 Å². The number of ether oxygens (including phenoxy) is 3. The molecule has 0 atom stereocenters. The number of carboxylic acids is 1. The van der Waals surface area contributed by atoms with Crippen molar-refractivity contribution in [3.8, 4) is 17.2 Å². The van der Waals surface area contributed by atoms with Crippen LogP contribution in [0.15, 0.2) is 42.5 Å². The summed E-state index contributed by atoms with van der Waals surface area (Å²) < 4.78 is 16.0. The predicted octanol–water partition coefficient (Wildman–Crippen LogP) is 2.98. The van der Waals surface area contributed by atoms with Crippen molar-refractivity contribution in [2.24, 2.45) is 0 Å². The van der Waals surface area contributed by atoms with Gasteiger partial charge in [0, 0.05) is 0 Å². The van der Waals surface area contributed by atoms with Gasteiger partial charge in [-0.15, -0.1) is 0 Å². The zero-order chi connectivity index (χ0) is 15.2. The Morgan fingerprint density at radius 2 is 1.86 bits per heavy atom. The molecule has 0 radical (unpaired) electrons. The highest BCUT2D eigenvalue weighted by Gasteiger charge is 2.10. The van der Waals surface area contributed by atoms with Crippen molar-refractivity contribution in [3.05, 3.63) is 53.6 Å². The van der Waals surface area contributed by atoms with E-state index in [-0.39, 0.29) is 12.2 Å². The van der Waals surface area contributed by atoms with Crippen LogP contribution in [-0.4, -0.2) is 25.3 Å². The number of rotatable bonds is 6. The molecule has 0 fully saturated rings. The summed E-state index contributed by atoms with van der Waals surface area (Å²) in [6.07, 6.45) is 0. The molecule has 110 valence electrons. The van der Waals surface area contributed by atoms with Crippen LogP contribution in [0.5, 0.6) is 17.2 Å². The van der Waals surface area contributed by atoms with Crippen molar-refractivity contribution >= 4 is 5.97 Å². The largest absolute Gasteiger partial charge is 0.497 e. The fourth-order valence-electron chi connectivity index (χ4n) is 1.85. The molecule has 2 rings (SSSR count). The number of carboxylic acid groups (broad SMARTS) is 1. The molecule has 0 aromatic heterocycles. The molecule has 0 aliphatic heterocycles. The Bertz CT molecular complexity index is 636. The van der Waals surface area contributed by atoms with Gasteiger partial charge in [0.1, 0.15) is 12.4 Å². The van der Waals surface area contributed by atoms with Gasteiger partial charge in [0.25, 0.3) is 0 Å². The second-order valence-electron chi connectivity index (χ2n) is 4.31. The van der Waals surface area contributed by atoms with Gasteiger partial charge in [-0.3, -0.25) is 0 Å². The number of carbonyl (C=O) groups is 1. The lowest BCUT2D eigenvalue weighted by molar-refractivity contribution is 0.0696. The predicted molar refractivity (Wildman–Crippen MR) is 77.3 cm³/mol. The lowest BCUT2D eigenvalue weighted by Gasteiger charge is -2.12. The van der Waals surface area contributed by atoms with E-state index >= 15 is 0 Å². The molecule has 1 N–H and O–H groups in total. The summed E-state index contributed by atoms with van der Waals surface area (Å²) in [6, 6.07) is 12.0. The highest BCUT2D eigenvalue weighted by atomic mass is 16.5. The lowest BCUT2D eigenvalue weighted by Crippen LogP contribution is -2.01. The van der Waals surface area contributed by atoms with E-state index in [1.807, 2.05) is 24.3 Å². The minimum atomic E-state index is -1.01. The Hall–Kier alpha value is -2.69. The maximum Gasteiger partial charge on any atom is 0.335 e. The quantitative estimate of drug-likeness (QED) is 0.885. The molecule has 0 aliphatic carbocycles. The van der Waals surface area contributed by atoms with Crippen LogP contribution < -0.4 is 14.2 Å². The first-order valence-corrected chi connectivity index (χ1v) is 6.31. The first kappa shape index (κ1) is 14.7. The molecule has 0 bridgehead atoms. The Balaban J connectivity index is 2.17. The Labute approximate surface area is 122 Å². The fourth-order valence-corrected chi connectivity index (χ4v) is 1.85. The molecule has 0 aliphatic rings. The van der Waals surface area contributed by atoms with Crippen LogP contribution in [0.25, 0.3) is 0 Å². The molecule has 0 saturated heterocycles. The maximum absolute atomic E-state index is 11.0. The summed E-state index contributed by atoms with van der Waals surface area (Å²) in [7, 11) is 3.10. The van der Waals surface area contributed by atoms with Gasteiger partial charge in [-0.05, 0) is 35.9 Å². The smallest absolute Gasteiger partial charge is 0.335 e. The number of aromatic carboxylic acids is 1. The highest BCUT2D eigenvalue weighted by Crippen LogP contribution is 2.29. The van der Waals surface area contributed by atoms with E-state index in [2.05, 4.69) is 0 Å². The zero-order valence-corrected chi connectivity index (χ0v) is 11.8. The average molecular weight is 288 g/mol. The molecule has 2 aromatic carbocycles. The van der Waals surface area contributed by atoms with Crippen molar-refractivity contribution < 1.29 is 24.1 Å². The van der Waals surface area contributed by atoms with Gasteiger partial charge >= 0.3 is 5.97 Å². The summed E-state index contributed by atoms with van der Waals surface area (Å²) in [6.45, 7) is 0.288. The summed E-state index contributed by atoms with van der Waals surface area (Å²) in [5.41, 5.74) is 1.06. The van der Waals surface area contributed by atoms with Gasteiger partial charge < -0.3 is 19.3 Å². The number of hydrogen-bond donors (Lipinski definition) is 1. The van der Waals surface area contributed by atoms with E-state index in [9.17, 15) is 4.79 Å². The fraction of sp³-hybridized carbons (Fsp3) is 0.188. The standard InChI is InChI=1S/C16H16O5/c1-19-13-5-3-4-11(8-13)10-21-15-9-12(16(17)18)6-7-14(15)20-2/h3-9H,10H2,1-2H3,(H,17,18). The minimum absolute atomic E-state index is 0.149. The summed E-state index contributed by atoms with van der Waals surface area (Å²) in [4.78, 5) is 11.0. The van der Waals surface area contributed by atoms with Crippen molar-refractivity contribution in [2.75, 3.05) is 14.2 Å². The molecule has 0 amide bonds. The van der Waals surface area contributed by atoms with Crippen molar-refractivity contribution in [2.45, 2.75) is 6.61 Å². The van der Waals surface area contributed by atoms with Crippen LogP contribution in [0.2, 0.25) is 0 Å². The normalized spacial score (nSPS) is 10.0. The molecule has 0 unspecified atom stereocenters. The van der Waals surface area contributed by atoms with Crippen molar-refractivity contribution in [1.29, 1.82) is 0 Å². The van der Waals surface area contributed by atoms with Gasteiger partial charge in [0.15, 0.2) is 11.5 Å². The molecule has 21 heavy (non-hydrogen) atoms. The summed E-state index contributed by atoms with van der Waals surface area (Å²) in [5, 5.41) is 9.01. The summed E-state index contributed by atoms with van der Waals surface area (Å²) in [5.74, 6) is 0.606. The Morgan fingerprint density at radius 3 is 2.52 bits per heavy atom. The molecule has 0 saturated carbocycles. The van der Waals surface area contributed by atoms with E-state index in [1.165, 1.54) is 19.2 Å². The molecule has 5 nitrogen and oxygen atoms in total. The van der Waals surface area contributed by atoms with E-state index < -0.39 is 5.97 Å². The van der Waals surface area contributed by atoms with E-state index in [0.29, 0.717) is 11.5 Å². The summed E-state index contributed by atoms with van der Waals surface area (Å²) >= 11 is 0. The average Bonchev–Trinajstić information content (AvgIpc) is 2.52. The van der Waals surface area contributed by atoms with Crippen LogP contribution in [0.3, 0.4) is 0 Å². The monoisotopic (exact) mass is 288 g/mol. The van der Waals surface area contributed by atoms with Crippen LogP contribution in [0.4, 0.5) is 0 Å². The Morgan fingerprint density at radius 1 is 1.05 bits per heavy atom. The second kappa shape index (κ2) is 6.65. The van der Waals surface area contributed by atoms with Crippen LogP contribution in [0, 0.1) is 0 Å². The molecular formula is C16H16O5. The van der Waals surface area contributed by atoms with Crippen molar-refractivity contribution in [3.63, 3.8) is 0 Å². The van der Waals surface area contributed by atoms with Gasteiger partial charge in [-0.2, -0.15) is 0 Å². The lowest BCUT2D eigenvalue weighted by atomic mass is 10.2. The highest BCUT2D eigenvalue weighted by molar-refractivity contribution is 5.88. The molecule has 5 heteroatoms. The van der Waals surface area contributed by atoms with E-state index in [1.54, 1.807) is 13.2 Å².